The fraction of sp³-hybridized carbons (Fsp3) is 0.417. The van der Waals surface area contributed by atoms with E-state index in [1.165, 1.54) is 6.33 Å². The van der Waals surface area contributed by atoms with Gasteiger partial charge in [-0.1, -0.05) is 11.6 Å². The number of hydrogen-bond acceptors (Lipinski definition) is 4. The molecule has 0 N–H and O–H groups in total. The summed E-state index contributed by atoms with van der Waals surface area (Å²) in [6, 6.07) is 1.82. The zero-order valence-corrected chi connectivity index (χ0v) is 11.0. The second kappa shape index (κ2) is 5.14. The van der Waals surface area contributed by atoms with E-state index >= 15 is 0 Å². The number of carbonyl (C=O) groups is 1. The van der Waals surface area contributed by atoms with Gasteiger partial charge in [-0.15, -0.1) is 0 Å². The summed E-state index contributed by atoms with van der Waals surface area (Å²) in [6.45, 7) is 2.76. The summed E-state index contributed by atoms with van der Waals surface area (Å²) in [5.74, 6) is 0.0653. The number of amides is 1. The van der Waals surface area contributed by atoms with Crippen molar-refractivity contribution in [2.75, 3.05) is 26.3 Å². The third kappa shape index (κ3) is 2.41. The van der Waals surface area contributed by atoms with Crippen molar-refractivity contribution in [1.82, 2.24) is 19.4 Å². The molecule has 0 unspecified atom stereocenters. The molecule has 2 aromatic rings. The normalized spacial score (nSPS) is 15.9. The van der Waals surface area contributed by atoms with Gasteiger partial charge in [-0.2, -0.15) is 0 Å². The molecule has 1 saturated heterocycles. The summed E-state index contributed by atoms with van der Waals surface area (Å²) in [5.41, 5.74) is 0.682. The van der Waals surface area contributed by atoms with E-state index in [1.807, 2.05) is 12.3 Å². The Bertz CT molecular complexity index is 607. The molecule has 1 amide bonds. The molecule has 0 spiro atoms. The number of nitrogens with zero attached hydrogens (tertiary/aromatic N) is 4. The van der Waals surface area contributed by atoms with Gasteiger partial charge in [-0.25, -0.2) is 9.97 Å². The maximum absolute atomic E-state index is 12.2. The van der Waals surface area contributed by atoms with Crippen LogP contribution in [-0.4, -0.2) is 51.6 Å². The zero-order valence-electron chi connectivity index (χ0n) is 10.3. The lowest BCUT2D eigenvalue weighted by Gasteiger charge is -2.27. The van der Waals surface area contributed by atoms with E-state index in [9.17, 15) is 4.79 Å². The molecule has 0 bridgehead atoms. The standard InChI is InChI=1S/C12H13ClN4O2/c13-11-9-1-2-17(12(9)15-8-14-11)7-10(18)16-3-5-19-6-4-16/h1-2,8H,3-7H2. The summed E-state index contributed by atoms with van der Waals surface area (Å²) in [6.07, 6.45) is 3.21. The highest BCUT2D eigenvalue weighted by Gasteiger charge is 2.18. The molecular weight excluding hydrogens is 268 g/mol. The van der Waals surface area contributed by atoms with Gasteiger partial charge in [0.2, 0.25) is 5.91 Å². The molecule has 0 atom stereocenters. The molecule has 1 aliphatic rings. The Balaban J connectivity index is 1.81. The third-order valence-electron chi connectivity index (χ3n) is 3.18. The first-order valence-electron chi connectivity index (χ1n) is 6.06. The first kappa shape index (κ1) is 12.4. The fourth-order valence-corrected chi connectivity index (χ4v) is 2.35. The number of hydrogen-bond donors (Lipinski definition) is 0. The van der Waals surface area contributed by atoms with Gasteiger partial charge >= 0.3 is 0 Å². The molecule has 100 valence electrons. The van der Waals surface area contributed by atoms with Gasteiger partial charge in [0.15, 0.2) is 0 Å². The average Bonchev–Trinajstić information content (AvgIpc) is 2.84. The maximum atomic E-state index is 12.2. The summed E-state index contributed by atoms with van der Waals surface area (Å²) in [7, 11) is 0. The smallest absolute Gasteiger partial charge is 0.242 e. The molecule has 6 nitrogen and oxygen atoms in total. The Morgan fingerprint density at radius 2 is 2.16 bits per heavy atom. The van der Waals surface area contributed by atoms with Crippen LogP contribution in [0.2, 0.25) is 5.15 Å². The molecule has 1 fully saturated rings. The van der Waals surface area contributed by atoms with Gasteiger partial charge in [-0.05, 0) is 6.07 Å². The van der Waals surface area contributed by atoms with Crippen molar-refractivity contribution in [1.29, 1.82) is 0 Å². The van der Waals surface area contributed by atoms with Crippen LogP contribution in [0.4, 0.5) is 0 Å². The van der Waals surface area contributed by atoms with E-state index in [4.69, 9.17) is 16.3 Å². The van der Waals surface area contributed by atoms with Gasteiger partial charge in [0.1, 0.15) is 23.7 Å². The lowest BCUT2D eigenvalue weighted by atomic mass is 10.4. The number of halogens is 1. The maximum Gasteiger partial charge on any atom is 0.242 e. The van der Waals surface area contributed by atoms with Crippen molar-refractivity contribution in [2.45, 2.75) is 6.54 Å². The molecule has 7 heteroatoms. The molecule has 2 aromatic heterocycles. The summed E-state index contributed by atoms with van der Waals surface area (Å²) in [4.78, 5) is 22.1. The predicted octanol–water partition coefficient (Wildman–Crippen LogP) is 0.943. The Morgan fingerprint density at radius 3 is 2.95 bits per heavy atom. The van der Waals surface area contributed by atoms with Crippen LogP contribution in [-0.2, 0) is 16.1 Å². The number of aromatic nitrogens is 3. The van der Waals surface area contributed by atoms with Crippen molar-refractivity contribution in [3.8, 4) is 0 Å². The van der Waals surface area contributed by atoms with Gasteiger partial charge in [0.05, 0.1) is 18.6 Å². The Kier molecular flexibility index (Phi) is 3.35. The quantitative estimate of drug-likeness (QED) is 0.768. The number of fused-ring (bicyclic) bond motifs is 1. The largest absolute Gasteiger partial charge is 0.378 e. The van der Waals surface area contributed by atoms with Gasteiger partial charge in [-0.3, -0.25) is 4.79 Å². The fourth-order valence-electron chi connectivity index (χ4n) is 2.16. The third-order valence-corrected chi connectivity index (χ3v) is 3.48. The molecule has 19 heavy (non-hydrogen) atoms. The lowest BCUT2D eigenvalue weighted by Crippen LogP contribution is -2.42. The van der Waals surface area contributed by atoms with Gasteiger partial charge < -0.3 is 14.2 Å². The molecule has 0 radical (unpaired) electrons. The predicted molar refractivity (Wildman–Crippen MR) is 69.9 cm³/mol. The van der Waals surface area contributed by atoms with Crippen LogP contribution in [0.25, 0.3) is 11.0 Å². The van der Waals surface area contributed by atoms with E-state index in [1.54, 1.807) is 9.47 Å². The van der Waals surface area contributed by atoms with Gasteiger partial charge in [0, 0.05) is 19.3 Å². The average molecular weight is 281 g/mol. The lowest BCUT2D eigenvalue weighted by molar-refractivity contribution is -0.135. The first-order chi connectivity index (χ1) is 9.25. The molecule has 0 saturated carbocycles. The Morgan fingerprint density at radius 1 is 1.37 bits per heavy atom. The Labute approximate surface area is 114 Å². The minimum Gasteiger partial charge on any atom is -0.378 e. The molecule has 3 heterocycles. The highest BCUT2D eigenvalue weighted by molar-refractivity contribution is 6.33. The number of morpholine rings is 1. The van der Waals surface area contributed by atoms with Crippen molar-refractivity contribution in [3.05, 3.63) is 23.7 Å². The van der Waals surface area contributed by atoms with E-state index < -0.39 is 0 Å². The minimum atomic E-state index is 0.0653. The van der Waals surface area contributed by atoms with E-state index in [0.29, 0.717) is 37.1 Å². The number of carbonyl (C=O) groups excluding carboxylic acids is 1. The molecule has 1 aliphatic heterocycles. The van der Waals surface area contributed by atoms with Crippen molar-refractivity contribution >= 4 is 28.5 Å². The highest BCUT2D eigenvalue weighted by Crippen LogP contribution is 2.20. The number of rotatable bonds is 2. The van der Waals surface area contributed by atoms with Crippen LogP contribution >= 0.6 is 11.6 Å². The van der Waals surface area contributed by atoms with E-state index in [0.717, 1.165) is 5.39 Å². The van der Waals surface area contributed by atoms with Crippen LogP contribution in [0.15, 0.2) is 18.6 Å². The second-order valence-electron chi connectivity index (χ2n) is 4.34. The second-order valence-corrected chi connectivity index (χ2v) is 4.70. The van der Waals surface area contributed by atoms with Crippen LogP contribution in [0.1, 0.15) is 0 Å². The van der Waals surface area contributed by atoms with Gasteiger partial charge in [0.25, 0.3) is 0 Å². The Hall–Kier alpha value is -1.66. The van der Waals surface area contributed by atoms with Crippen LogP contribution < -0.4 is 0 Å². The van der Waals surface area contributed by atoms with Crippen LogP contribution in [0.5, 0.6) is 0 Å². The van der Waals surface area contributed by atoms with Crippen LogP contribution in [0.3, 0.4) is 0 Å². The summed E-state index contributed by atoms with van der Waals surface area (Å²) in [5, 5.41) is 1.17. The number of ether oxygens (including phenoxy) is 1. The molecule has 3 rings (SSSR count). The summed E-state index contributed by atoms with van der Waals surface area (Å²) < 4.78 is 7.02. The summed E-state index contributed by atoms with van der Waals surface area (Å²) >= 11 is 5.98. The first-order valence-corrected chi connectivity index (χ1v) is 6.44. The topological polar surface area (TPSA) is 60.2 Å². The van der Waals surface area contributed by atoms with E-state index in [2.05, 4.69) is 9.97 Å². The molecule has 0 aromatic carbocycles. The van der Waals surface area contributed by atoms with Crippen LogP contribution in [0, 0.1) is 0 Å². The molecule has 0 aliphatic carbocycles. The van der Waals surface area contributed by atoms with Crippen molar-refractivity contribution in [3.63, 3.8) is 0 Å². The van der Waals surface area contributed by atoms with Crippen molar-refractivity contribution < 1.29 is 9.53 Å². The van der Waals surface area contributed by atoms with E-state index in [-0.39, 0.29) is 12.5 Å². The monoisotopic (exact) mass is 280 g/mol. The SMILES string of the molecule is O=C(Cn1ccc2c(Cl)ncnc21)N1CCOCC1. The zero-order chi connectivity index (χ0) is 13.2. The molecular formula is C12H13ClN4O2. The highest BCUT2D eigenvalue weighted by atomic mass is 35.5. The minimum absolute atomic E-state index is 0.0653. The van der Waals surface area contributed by atoms with Crippen molar-refractivity contribution in [2.24, 2.45) is 0 Å².